The van der Waals surface area contributed by atoms with Crippen LogP contribution in [-0.4, -0.2) is 57.1 Å². The predicted octanol–water partition coefficient (Wildman–Crippen LogP) is 5.48. The number of thioether (sulfide) groups is 1. The van der Waals surface area contributed by atoms with Crippen LogP contribution in [0.3, 0.4) is 0 Å². The van der Waals surface area contributed by atoms with Gasteiger partial charge in [0.2, 0.25) is 11.8 Å². The molecule has 0 heterocycles. The number of hydrogen-bond donors (Lipinski definition) is 1. The smallest absolute Gasteiger partial charge is 0.264 e. The number of carbonyl (C=O) groups excluding carboxylic acids is 2. The summed E-state index contributed by atoms with van der Waals surface area (Å²) in [4.78, 5) is 29.2. The van der Waals surface area contributed by atoms with Gasteiger partial charge in [-0.3, -0.25) is 13.9 Å². The number of amides is 2. The zero-order chi connectivity index (χ0) is 30.7. The summed E-state index contributed by atoms with van der Waals surface area (Å²) in [5.74, 6) is -1.34. The normalized spacial score (nSPS) is 11.9. The molecule has 11 heteroatoms. The molecule has 1 atom stereocenters. The highest BCUT2D eigenvalue weighted by molar-refractivity contribution is 7.98. The third kappa shape index (κ3) is 8.25. The van der Waals surface area contributed by atoms with Crippen molar-refractivity contribution in [3.8, 4) is 5.75 Å². The van der Waals surface area contributed by atoms with Gasteiger partial charge in [-0.1, -0.05) is 43.7 Å². The SMILES string of the molecule is CCCCNC(=O)C(C)N(Cc1ccccc1F)C(=O)CN(c1ccccc1OCC)S(=O)(=O)c1ccc(SC)cc1. The van der Waals surface area contributed by atoms with E-state index in [1.807, 2.05) is 13.2 Å². The molecule has 0 radical (unpaired) electrons. The van der Waals surface area contributed by atoms with Gasteiger partial charge >= 0.3 is 0 Å². The van der Waals surface area contributed by atoms with Crippen LogP contribution in [0.1, 0.15) is 39.2 Å². The lowest BCUT2D eigenvalue weighted by Crippen LogP contribution is -2.51. The van der Waals surface area contributed by atoms with Gasteiger partial charge in [0.15, 0.2) is 0 Å². The molecule has 0 fully saturated rings. The minimum Gasteiger partial charge on any atom is -0.492 e. The summed E-state index contributed by atoms with van der Waals surface area (Å²) in [5, 5.41) is 2.82. The molecule has 0 aliphatic rings. The molecule has 3 rings (SSSR count). The number of para-hydroxylation sites is 2. The second kappa shape index (κ2) is 15.6. The Morgan fingerprint density at radius 1 is 1.00 bits per heavy atom. The topological polar surface area (TPSA) is 96.0 Å². The first-order valence-corrected chi connectivity index (χ1v) is 16.5. The molecule has 0 saturated heterocycles. The number of rotatable bonds is 15. The van der Waals surface area contributed by atoms with E-state index < -0.39 is 40.2 Å². The third-order valence-electron chi connectivity index (χ3n) is 6.66. The molecule has 0 aliphatic heterocycles. The summed E-state index contributed by atoms with van der Waals surface area (Å²) in [6, 6.07) is 17.9. The monoisotopic (exact) mass is 615 g/mol. The Hall–Kier alpha value is -3.57. The summed E-state index contributed by atoms with van der Waals surface area (Å²) in [5.41, 5.74) is 0.378. The second-order valence-corrected chi connectivity index (χ2v) is 12.3. The molecule has 3 aromatic carbocycles. The minimum atomic E-state index is -4.27. The second-order valence-electron chi connectivity index (χ2n) is 9.52. The number of hydrogen-bond acceptors (Lipinski definition) is 6. The highest BCUT2D eigenvalue weighted by Crippen LogP contribution is 2.33. The van der Waals surface area contributed by atoms with Gasteiger partial charge in [-0.2, -0.15) is 0 Å². The fourth-order valence-corrected chi connectivity index (χ4v) is 6.09. The first-order valence-electron chi connectivity index (χ1n) is 13.8. The van der Waals surface area contributed by atoms with Crippen LogP contribution in [0, 0.1) is 5.82 Å². The van der Waals surface area contributed by atoms with E-state index in [1.165, 1.54) is 47.0 Å². The Bertz CT molecular complexity index is 1450. The Morgan fingerprint density at radius 2 is 1.67 bits per heavy atom. The molecule has 1 N–H and O–H groups in total. The van der Waals surface area contributed by atoms with E-state index in [2.05, 4.69) is 5.32 Å². The maximum absolute atomic E-state index is 14.7. The first-order chi connectivity index (χ1) is 20.1. The first kappa shape index (κ1) is 32.9. The maximum Gasteiger partial charge on any atom is 0.264 e. The quantitative estimate of drug-likeness (QED) is 0.180. The molecule has 8 nitrogen and oxygen atoms in total. The predicted molar refractivity (Wildman–Crippen MR) is 165 cm³/mol. The van der Waals surface area contributed by atoms with E-state index in [1.54, 1.807) is 56.3 Å². The van der Waals surface area contributed by atoms with Gasteiger partial charge in [0.05, 0.1) is 17.2 Å². The van der Waals surface area contributed by atoms with Gasteiger partial charge in [0.25, 0.3) is 10.0 Å². The molecule has 0 spiro atoms. The average Bonchev–Trinajstić information content (AvgIpc) is 2.99. The van der Waals surface area contributed by atoms with E-state index in [0.29, 0.717) is 6.54 Å². The lowest BCUT2D eigenvalue weighted by molar-refractivity contribution is -0.139. The highest BCUT2D eigenvalue weighted by atomic mass is 32.2. The molecule has 42 heavy (non-hydrogen) atoms. The van der Waals surface area contributed by atoms with E-state index in [4.69, 9.17) is 4.74 Å². The molecule has 3 aromatic rings. The number of nitrogens with zero attached hydrogens (tertiary/aromatic N) is 2. The molecule has 0 aromatic heterocycles. The Morgan fingerprint density at radius 3 is 2.31 bits per heavy atom. The maximum atomic E-state index is 14.7. The van der Waals surface area contributed by atoms with Crippen molar-refractivity contribution >= 4 is 39.3 Å². The standard InChI is InChI=1S/C31H38FN3O5S2/c1-5-7-20-33-31(37)23(3)34(21-24-12-8-9-13-27(24)32)30(36)22-35(28-14-10-11-15-29(28)40-6-2)42(38,39)26-18-16-25(41-4)17-19-26/h8-19,23H,5-7,20-22H2,1-4H3,(H,33,37). The van der Waals surface area contributed by atoms with Crippen molar-refractivity contribution in [1.29, 1.82) is 0 Å². The lowest BCUT2D eigenvalue weighted by atomic mass is 10.1. The minimum absolute atomic E-state index is 0.00888. The molecule has 2 amide bonds. The van der Waals surface area contributed by atoms with Crippen molar-refractivity contribution in [1.82, 2.24) is 10.2 Å². The molecule has 0 bridgehead atoms. The van der Waals surface area contributed by atoms with Crippen molar-refractivity contribution in [3.05, 3.63) is 84.2 Å². The van der Waals surface area contributed by atoms with Crippen LogP contribution in [-0.2, 0) is 26.2 Å². The number of sulfonamides is 1. The lowest BCUT2D eigenvalue weighted by Gasteiger charge is -2.32. The van der Waals surface area contributed by atoms with Crippen LogP contribution in [0.2, 0.25) is 0 Å². The van der Waals surface area contributed by atoms with Gasteiger partial charge in [-0.25, -0.2) is 12.8 Å². The van der Waals surface area contributed by atoms with E-state index in [0.717, 1.165) is 22.0 Å². The molecule has 0 aliphatic carbocycles. The molecule has 226 valence electrons. The highest BCUT2D eigenvalue weighted by Gasteiger charge is 2.34. The number of ether oxygens (including phenoxy) is 1. The molecular formula is C31H38FN3O5S2. The molecule has 0 saturated carbocycles. The summed E-state index contributed by atoms with van der Waals surface area (Å²) in [7, 11) is -4.27. The van der Waals surface area contributed by atoms with Gasteiger partial charge in [0.1, 0.15) is 24.2 Å². The van der Waals surface area contributed by atoms with Gasteiger partial charge < -0.3 is 15.0 Å². The summed E-state index contributed by atoms with van der Waals surface area (Å²) >= 11 is 1.47. The van der Waals surface area contributed by atoms with Crippen LogP contribution in [0.4, 0.5) is 10.1 Å². The van der Waals surface area contributed by atoms with E-state index in [9.17, 15) is 22.4 Å². The third-order valence-corrected chi connectivity index (χ3v) is 9.17. The van der Waals surface area contributed by atoms with Crippen LogP contribution < -0.4 is 14.4 Å². The Labute approximate surface area is 252 Å². The number of carbonyl (C=O) groups is 2. The van der Waals surface area contributed by atoms with Crippen molar-refractivity contribution in [2.45, 2.75) is 56.0 Å². The van der Waals surface area contributed by atoms with Gasteiger partial charge in [-0.15, -0.1) is 11.8 Å². The molecular weight excluding hydrogens is 577 g/mol. The van der Waals surface area contributed by atoms with Crippen molar-refractivity contribution in [2.75, 3.05) is 30.3 Å². The number of anilines is 1. The zero-order valence-corrected chi connectivity index (χ0v) is 26.0. The summed E-state index contributed by atoms with van der Waals surface area (Å²) in [6.45, 7) is 5.15. The number of nitrogens with one attached hydrogen (secondary N) is 1. The fraction of sp³-hybridized carbons (Fsp3) is 0.355. The van der Waals surface area contributed by atoms with Gasteiger partial charge in [-0.05, 0) is 69.0 Å². The summed E-state index contributed by atoms with van der Waals surface area (Å²) < 4.78 is 49.6. The number of benzene rings is 3. The zero-order valence-electron chi connectivity index (χ0n) is 24.4. The van der Waals surface area contributed by atoms with Crippen molar-refractivity contribution in [2.24, 2.45) is 0 Å². The summed E-state index contributed by atoms with van der Waals surface area (Å²) in [6.07, 6.45) is 3.52. The van der Waals surface area contributed by atoms with Crippen LogP contribution >= 0.6 is 11.8 Å². The fourth-order valence-electron chi connectivity index (χ4n) is 4.26. The van der Waals surface area contributed by atoms with Crippen molar-refractivity contribution < 1.29 is 27.1 Å². The van der Waals surface area contributed by atoms with E-state index >= 15 is 0 Å². The van der Waals surface area contributed by atoms with Crippen LogP contribution in [0.25, 0.3) is 0 Å². The van der Waals surface area contributed by atoms with E-state index in [-0.39, 0.29) is 35.0 Å². The van der Waals surface area contributed by atoms with Crippen molar-refractivity contribution in [3.63, 3.8) is 0 Å². The number of halogens is 1. The van der Waals surface area contributed by atoms with Crippen LogP contribution in [0.5, 0.6) is 5.75 Å². The Kier molecular flexibility index (Phi) is 12.2. The molecule has 1 unspecified atom stereocenters. The van der Waals surface area contributed by atoms with Crippen LogP contribution in [0.15, 0.2) is 82.6 Å². The average molecular weight is 616 g/mol. The largest absolute Gasteiger partial charge is 0.492 e. The Balaban J connectivity index is 2.07. The number of unbranched alkanes of at least 4 members (excludes halogenated alkanes) is 1. The van der Waals surface area contributed by atoms with Gasteiger partial charge in [0, 0.05) is 23.5 Å².